The zero-order chi connectivity index (χ0) is 11.1. The lowest BCUT2D eigenvalue weighted by atomic mass is 10.1. The van der Waals surface area contributed by atoms with Crippen molar-refractivity contribution in [2.75, 3.05) is 6.54 Å². The monoisotopic (exact) mass is 212 g/mol. The summed E-state index contributed by atoms with van der Waals surface area (Å²) in [5, 5.41) is 6.54. The molecule has 3 heteroatoms. The lowest BCUT2D eigenvalue weighted by Gasteiger charge is -2.19. The molecule has 1 heterocycles. The Hall–Kier alpha value is -0.570. The molecule has 3 nitrogen and oxygen atoms in total. The molecule has 1 amide bonds. The van der Waals surface area contributed by atoms with E-state index in [2.05, 4.69) is 24.5 Å². The third-order valence-corrected chi connectivity index (χ3v) is 3.14. The minimum absolute atomic E-state index is 0.211. The molecule has 0 aromatic rings. The molecule has 0 saturated carbocycles. The zero-order valence-corrected chi connectivity index (χ0v) is 10.0. The van der Waals surface area contributed by atoms with E-state index >= 15 is 0 Å². The summed E-state index contributed by atoms with van der Waals surface area (Å²) in [6, 6.07) is 0.996. The van der Waals surface area contributed by atoms with Crippen LogP contribution in [0.5, 0.6) is 0 Å². The second-order valence-corrected chi connectivity index (χ2v) is 4.46. The molecule has 0 aromatic heterocycles. The van der Waals surface area contributed by atoms with Crippen LogP contribution in [0.4, 0.5) is 0 Å². The largest absolute Gasteiger partial charge is 0.352 e. The smallest absolute Gasteiger partial charge is 0.220 e. The summed E-state index contributed by atoms with van der Waals surface area (Å²) in [6.07, 6.45) is 6.70. The second kappa shape index (κ2) is 6.83. The average molecular weight is 212 g/mol. The van der Waals surface area contributed by atoms with E-state index < -0.39 is 0 Å². The Morgan fingerprint density at radius 2 is 2.33 bits per heavy atom. The minimum Gasteiger partial charge on any atom is -0.352 e. The highest BCUT2D eigenvalue weighted by Gasteiger charge is 2.20. The Labute approximate surface area is 93.0 Å². The molecular weight excluding hydrogens is 188 g/mol. The van der Waals surface area contributed by atoms with Crippen LogP contribution in [0.15, 0.2) is 0 Å². The predicted octanol–water partition coefficient (Wildman–Crippen LogP) is 1.82. The van der Waals surface area contributed by atoms with Crippen LogP contribution in [-0.2, 0) is 4.79 Å². The van der Waals surface area contributed by atoms with E-state index in [9.17, 15) is 4.79 Å². The summed E-state index contributed by atoms with van der Waals surface area (Å²) in [7, 11) is 0. The zero-order valence-electron chi connectivity index (χ0n) is 10.0. The fraction of sp³-hybridized carbons (Fsp3) is 0.917. The molecule has 1 saturated heterocycles. The van der Waals surface area contributed by atoms with Crippen molar-refractivity contribution in [3.05, 3.63) is 0 Å². The molecule has 15 heavy (non-hydrogen) atoms. The van der Waals surface area contributed by atoms with Gasteiger partial charge in [0.15, 0.2) is 0 Å². The molecule has 1 rings (SSSR count). The van der Waals surface area contributed by atoms with Gasteiger partial charge in [0.25, 0.3) is 0 Å². The fourth-order valence-electron chi connectivity index (χ4n) is 2.04. The maximum atomic E-state index is 11.0. The summed E-state index contributed by atoms with van der Waals surface area (Å²) in [4.78, 5) is 11.0. The van der Waals surface area contributed by atoms with Gasteiger partial charge in [-0.15, -0.1) is 0 Å². The molecule has 2 N–H and O–H groups in total. The molecular formula is C12H24N2O. The van der Waals surface area contributed by atoms with Gasteiger partial charge >= 0.3 is 0 Å². The van der Waals surface area contributed by atoms with E-state index in [0.29, 0.717) is 18.5 Å². The number of amides is 1. The van der Waals surface area contributed by atoms with Gasteiger partial charge in [-0.05, 0) is 19.3 Å². The first-order valence-electron chi connectivity index (χ1n) is 6.29. The number of rotatable bonds is 7. The number of carbonyl (C=O) groups excluding carboxylic acids is 1. The van der Waals surface area contributed by atoms with Crippen LogP contribution in [0, 0.1) is 0 Å². The molecule has 0 bridgehead atoms. The Kier molecular flexibility index (Phi) is 5.69. The lowest BCUT2D eigenvalue weighted by Crippen LogP contribution is -2.40. The Bertz CT molecular complexity index is 194. The SMILES string of the molecule is CCCCC(CC)NCC1CCC(=O)N1. The standard InChI is InChI=1S/C12H24N2O/c1-3-5-6-10(4-2)13-9-11-7-8-12(15)14-11/h10-11,13H,3-9H2,1-2H3,(H,14,15). The summed E-state index contributed by atoms with van der Waals surface area (Å²) in [5.41, 5.74) is 0. The molecule has 88 valence electrons. The van der Waals surface area contributed by atoms with E-state index in [0.717, 1.165) is 13.0 Å². The van der Waals surface area contributed by atoms with Gasteiger partial charge in [-0.1, -0.05) is 26.7 Å². The van der Waals surface area contributed by atoms with E-state index in [-0.39, 0.29) is 5.91 Å². The van der Waals surface area contributed by atoms with Gasteiger partial charge in [0, 0.05) is 25.0 Å². The molecule has 0 aliphatic carbocycles. The summed E-state index contributed by atoms with van der Waals surface area (Å²) in [6.45, 7) is 5.39. The van der Waals surface area contributed by atoms with Crippen LogP contribution in [0.3, 0.4) is 0 Å². The van der Waals surface area contributed by atoms with Crippen LogP contribution in [0.1, 0.15) is 52.4 Å². The highest BCUT2D eigenvalue weighted by molar-refractivity contribution is 5.78. The quantitative estimate of drug-likeness (QED) is 0.676. The van der Waals surface area contributed by atoms with Crippen molar-refractivity contribution in [1.82, 2.24) is 10.6 Å². The first kappa shape index (κ1) is 12.5. The van der Waals surface area contributed by atoms with Crippen molar-refractivity contribution in [3.8, 4) is 0 Å². The fourth-order valence-corrected chi connectivity index (χ4v) is 2.04. The third kappa shape index (κ3) is 4.65. The molecule has 1 aliphatic rings. The molecule has 1 fully saturated rings. The molecule has 2 atom stereocenters. The van der Waals surface area contributed by atoms with Gasteiger partial charge in [0.05, 0.1) is 0 Å². The minimum atomic E-state index is 0.211. The van der Waals surface area contributed by atoms with Crippen LogP contribution >= 0.6 is 0 Å². The topological polar surface area (TPSA) is 41.1 Å². The lowest BCUT2D eigenvalue weighted by molar-refractivity contribution is -0.119. The van der Waals surface area contributed by atoms with Crippen LogP contribution in [0.2, 0.25) is 0 Å². The van der Waals surface area contributed by atoms with Gasteiger partial charge in [-0.2, -0.15) is 0 Å². The molecule has 0 radical (unpaired) electrons. The molecule has 2 unspecified atom stereocenters. The molecule has 0 aromatic carbocycles. The van der Waals surface area contributed by atoms with Crippen LogP contribution < -0.4 is 10.6 Å². The number of nitrogens with one attached hydrogen (secondary N) is 2. The average Bonchev–Trinajstić information content (AvgIpc) is 2.65. The first-order chi connectivity index (χ1) is 7.26. The van der Waals surface area contributed by atoms with E-state index in [1.165, 1.54) is 25.7 Å². The summed E-state index contributed by atoms with van der Waals surface area (Å²) >= 11 is 0. The van der Waals surface area contributed by atoms with Crippen molar-refractivity contribution in [2.45, 2.75) is 64.5 Å². The van der Waals surface area contributed by atoms with Crippen molar-refractivity contribution in [3.63, 3.8) is 0 Å². The van der Waals surface area contributed by atoms with Gasteiger partial charge in [-0.3, -0.25) is 4.79 Å². The third-order valence-electron chi connectivity index (χ3n) is 3.14. The number of hydrogen-bond acceptors (Lipinski definition) is 2. The van der Waals surface area contributed by atoms with Crippen molar-refractivity contribution in [1.29, 1.82) is 0 Å². The maximum Gasteiger partial charge on any atom is 0.220 e. The van der Waals surface area contributed by atoms with Gasteiger partial charge < -0.3 is 10.6 Å². The van der Waals surface area contributed by atoms with E-state index in [1.807, 2.05) is 0 Å². The van der Waals surface area contributed by atoms with Crippen LogP contribution in [0.25, 0.3) is 0 Å². The number of hydrogen-bond donors (Lipinski definition) is 2. The predicted molar refractivity (Wildman–Crippen MR) is 62.8 cm³/mol. The maximum absolute atomic E-state index is 11.0. The Morgan fingerprint density at radius 3 is 2.87 bits per heavy atom. The Balaban J connectivity index is 2.13. The van der Waals surface area contributed by atoms with Crippen molar-refractivity contribution < 1.29 is 4.79 Å². The second-order valence-electron chi connectivity index (χ2n) is 4.46. The summed E-state index contributed by atoms with van der Waals surface area (Å²) in [5.74, 6) is 0.211. The molecule has 0 spiro atoms. The number of unbranched alkanes of at least 4 members (excludes halogenated alkanes) is 1. The first-order valence-corrected chi connectivity index (χ1v) is 6.29. The number of carbonyl (C=O) groups is 1. The van der Waals surface area contributed by atoms with Gasteiger partial charge in [0.1, 0.15) is 0 Å². The van der Waals surface area contributed by atoms with Crippen molar-refractivity contribution >= 4 is 5.91 Å². The van der Waals surface area contributed by atoms with E-state index in [4.69, 9.17) is 0 Å². The van der Waals surface area contributed by atoms with Gasteiger partial charge in [-0.25, -0.2) is 0 Å². The van der Waals surface area contributed by atoms with Crippen molar-refractivity contribution in [2.24, 2.45) is 0 Å². The van der Waals surface area contributed by atoms with Crippen LogP contribution in [-0.4, -0.2) is 24.5 Å². The highest BCUT2D eigenvalue weighted by Crippen LogP contribution is 2.08. The van der Waals surface area contributed by atoms with Gasteiger partial charge in [0.2, 0.25) is 5.91 Å². The highest BCUT2D eigenvalue weighted by atomic mass is 16.1. The van der Waals surface area contributed by atoms with E-state index in [1.54, 1.807) is 0 Å². The normalized spacial score (nSPS) is 22.8. The summed E-state index contributed by atoms with van der Waals surface area (Å²) < 4.78 is 0. The Morgan fingerprint density at radius 1 is 1.53 bits per heavy atom. The molecule has 1 aliphatic heterocycles.